The van der Waals surface area contributed by atoms with E-state index in [2.05, 4.69) is 12.1 Å². The molecule has 0 unspecified atom stereocenters. The van der Waals surface area contributed by atoms with Crippen molar-refractivity contribution in [1.82, 2.24) is 9.80 Å². The van der Waals surface area contributed by atoms with Crippen LogP contribution in [0.25, 0.3) is 0 Å². The lowest BCUT2D eigenvalue weighted by molar-refractivity contribution is -0.135. The molecule has 0 radical (unpaired) electrons. The smallest absolute Gasteiger partial charge is 0.236 e. The van der Waals surface area contributed by atoms with E-state index in [-0.39, 0.29) is 11.4 Å². The number of hydrogen-bond donors (Lipinski definition) is 0. The first kappa shape index (κ1) is 14.7. The SMILES string of the molecule is CN(CC(=O)N(C)C(C)(C)C)Cc1ccccc1. The van der Waals surface area contributed by atoms with Gasteiger partial charge in [0, 0.05) is 19.1 Å². The standard InChI is InChI=1S/C15H24N2O/c1-15(2,3)17(5)14(18)12-16(4)11-13-9-7-6-8-10-13/h6-10H,11-12H2,1-5H3. The zero-order valence-corrected chi connectivity index (χ0v) is 12.1. The van der Waals surface area contributed by atoms with Crippen LogP contribution in [0, 0.1) is 0 Å². The maximum absolute atomic E-state index is 12.1. The van der Waals surface area contributed by atoms with Crippen molar-refractivity contribution < 1.29 is 4.79 Å². The van der Waals surface area contributed by atoms with Crippen LogP contribution in [-0.4, -0.2) is 41.9 Å². The van der Waals surface area contributed by atoms with Gasteiger partial charge in [0.15, 0.2) is 0 Å². The molecule has 18 heavy (non-hydrogen) atoms. The zero-order valence-electron chi connectivity index (χ0n) is 12.1. The van der Waals surface area contributed by atoms with Crippen LogP contribution in [0.1, 0.15) is 26.3 Å². The molecule has 100 valence electrons. The van der Waals surface area contributed by atoms with E-state index in [9.17, 15) is 4.79 Å². The molecule has 0 fully saturated rings. The maximum Gasteiger partial charge on any atom is 0.236 e. The van der Waals surface area contributed by atoms with E-state index in [4.69, 9.17) is 0 Å². The van der Waals surface area contributed by atoms with Gasteiger partial charge >= 0.3 is 0 Å². The fourth-order valence-corrected chi connectivity index (χ4v) is 1.66. The summed E-state index contributed by atoms with van der Waals surface area (Å²) in [6.07, 6.45) is 0. The van der Waals surface area contributed by atoms with Gasteiger partial charge in [0.25, 0.3) is 0 Å². The van der Waals surface area contributed by atoms with E-state index in [1.165, 1.54) is 5.56 Å². The van der Waals surface area contributed by atoms with E-state index in [0.717, 1.165) is 6.54 Å². The van der Waals surface area contributed by atoms with Crippen molar-refractivity contribution in [1.29, 1.82) is 0 Å². The van der Waals surface area contributed by atoms with Gasteiger partial charge in [-0.3, -0.25) is 9.69 Å². The molecule has 1 rings (SSSR count). The summed E-state index contributed by atoms with van der Waals surface area (Å²) >= 11 is 0. The minimum Gasteiger partial charge on any atom is -0.340 e. The number of rotatable bonds is 4. The second-order valence-electron chi connectivity index (χ2n) is 5.78. The van der Waals surface area contributed by atoms with Gasteiger partial charge in [0.2, 0.25) is 5.91 Å². The Hall–Kier alpha value is -1.35. The fraction of sp³-hybridized carbons (Fsp3) is 0.533. The van der Waals surface area contributed by atoms with Crippen molar-refractivity contribution in [2.24, 2.45) is 0 Å². The molecule has 0 aliphatic heterocycles. The highest BCUT2D eigenvalue weighted by Crippen LogP contribution is 2.11. The third kappa shape index (κ3) is 4.49. The molecule has 1 aromatic rings. The van der Waals surface area contributed by atoms with Crippen LogP contribution in [0.2, 0.25) is 0 Å². The zero-order chi connectivity index (χ0) is 13.8. The van der Waals surface area contributed by atoms with E-state index < -0.39 is 0 Å². The number of carbonyl (C=O) groups excluding carboxylic acids is 1. The van der Waals surface area contributed by atoms with Crippen LogP contribution in [-0.2, 0) is 11.3 Å². The molecule has 0 bridgehead atoms. The third-order valence-corrected chi connectivity index (χ3v) is 3.08. The first-order valence-electron chi connectivity index (χ1n) is 6.30. The van der Waals surface area contributed by atoms with Gasteiger partial charge in [-0.25, -0.2) is 0 Å². The van der Waals surface area contributed by atoms with Crippen LogP contribution in [0.15, 0.2) is 30.3 Å². The average Bonchev–Trinajstić information content (AvgIpc) is 2.27. The quantitative estimate of drug-likeness (QED) is 0.816. The van der Waals surface area contributed by atoms with Gasteiger partial charge in [-0.2, -0.15) is 0 Å². The number of hydrogen-bond acceptors (Lipinski definition) is 2. The van der Waals surface area contributed by atoms with Gasteiger partial charge in [-0.1, -0.05) is 30.3 Å². The Bertz CT molecular complexity index is 381. The van der Waals surface area contributed by atoms with Gasteiger partial charge in [-0.15, -0.1) is 0 Å². The predicted octanol–water partition coefficient (Wildman–Crippen LogP) is 2.38. The minimum absolute atomic E-state index is 0.120. The summed E-state index contributed by atoms with van der Waals surface area (Å²) in [5, 5.41) is 0. The molecule has 3 heteroatoms. The molecule has 1 amide bonds. The highest BCUT2D eigenvalue weighted by molar-refractivity contribution is 5.78. The monoisotopic (exact) mass is 248 g/mol. The van der Waals surface area contributed by atoms with Crippen molar-refractivity contribution in [3.8, 4) is 0 Å². The summed E-state index contributed by atoms with van der Waals surface area (Å²) < 4.78 is 0. The fourth-order valence-electron chi connectivity index (χ4n) is 1.66. The highest BCUT2D eigenvalue weighted by atomic mass is 16.2. The third-order valence-electron chi connectivity index (χ3n) is 3.08. The number of nitrogens with zero attached hydrogens (tertiary/aromatic N) is 2. The Morgan fingerprint density at radius 3 is 2.17 bits per heavy atom. The molecular weight excluding hydrogens is 224 g/mol. The van der Waals surface area contributed by atoms with Gasteiger partial charge in [0.05, 0.1) is 6.54 Å². The molecule has 3 nitrogen and oxygen atoms in total. The average molecular weight is 248 g/mol. The largest absolute Gasteiger partial charge is 0.340 e. The summed E-state index contributed by atoms with van der Waals surface area (Å²) in [5.74, 6) is 0.154. The summed E-state index contributed by atoms with van der Waals surface area (Å²) in [6.45, 7) is 7.37. The van der Waals surface area contributed by atoms with Crippen molar-refractivity contribution in [2.75, 3.05) is 20.6 Å². The predicted molar refractivity (Wildman–Crippen MR) is 75.3 cm³/mol. The lowest BCUT2D eigenvalue weighted by atomic mass is 10.1. The van der Waals surface area contributed by atoms with Crippen molar-refractivity contribution in [2.45, 2.75) is 32.9 Å². The molecule has 0 aromatic heterocycles. The molecule has 1 aromatic carbocycles. The van der Waals surface area contributed by atoms with Crippen LogP contribution < -0.4 is 0 Å². The van der Waals surface area contributed by atoms with Crippen LogP contribution >= 0.6 is 0 Å². The lowest BCUT2D eigenvalue weighted by Crippen LogP contribution is -2.46. The number of amides is 1. The van der Waals surface area contributed by atoms with Crippen molar-refractivity contribution in [3.63, 3.8) is 0 Å². The maximum atomic E-state index is 12.1. The van der Waals surface area contributed by atoms with Gasteiger partial charge in [-0.05, 0) is 33.4 Å². The number of benzene rings is 1. The second-order valence-corrected chi connectivity index (χ2v) is 5.78. The Morgan fingerprint density at radius 2 is 1.67 bits per heavy atom. The normalized spacial score (nSPS) is 11.7. The number of carbonyl (C=O) groups is 1. The second kappa shape index (κ2) is 6.01. The minimum atomic E-state index is -0.120. The molecule has 0 saturated heterocycles. The molecule has 0 spiro atoms. The molecule has 0 saturated carbocycles. The Balaban J connectivity index is 2.50. The van der Waals surface area contributed by atoms with E-state index in [1.54, 1.807) is 4.90 Å². The van der Waals surface area contributed by atoms with E-state index in [1.807, 2.05) is 58.0 Å². The molecular formula is C15H24N2O. The summed E-state index contributed by atoms with van der Waals surface area (Å²) in [7, 11) is 3.83. The summed E-state index contributed by atoms with van der Waals surface area (Å²) in [6, 6.07) is 10.2. The van der Waals surface area contributed by atoms with E-state index >= 15 is 0 Å². The highest BCUT2D eigenvalue weighted by Gasteiger charge is 2.22. The Labute approximate surface area is 110 Å². The van der Waals surface area contributed by atoms with Crippen LogP contribution in [0.5, 0.6) is 0 Å². The summed E-state index contributed by atoms with van der Waals surface area (Å²) in [4.78, 5) is 15.9. The molecule has 0 atom stereocenters. The number of likely N-dealkylation sites (N-methyl/N-ethyl adjacent to an activating group) is 2. The molecule has 0 heterocycles. The van der Waals surface area contributed by atoms with Crippen LogP contribution in [0.4, 0.5) is 0 Å². The van der Waals surface area contributed by atoms with Gasteiger partial charge in [0.1, 0.15) is 0 Å². The summed E-state index contributed by atoms with van der Waals surface area (Å²) in [5.41, 5.74) is 1.11. The topological polar surface area (TPSA) is 23.6 Å². The first-order chi connectivity index (χ1) is 8.30. The lowest BCUT2D eigenvalue weighted by Gasteiger charge is -2.33. The van der Waals surface area contributed by atoms with Gasteiger partial charge < -0.3 is 4.90 Å². The van der Waals surface area contributed by atoms with E-state index in [0.29, 0.717) is 6.54 Å². The Morgan fingerprint density at radius 1 is 1.11 bits per heavy atom. The molecule has 0 aliphatic rings. The van der Waals surface area contributed by atoms with Crippen LogP contribution in [0.3, 0.4) is 0 Å². The molecule has 0 aliphatic carbocycles. The molecule has 0 N–H and O–H groups in total. The first-order valence-corrected chi connectivity index (χ1v) is 6.30. The van der Waals surface area contributed by atoms with Crippen molar-refractivity contribution >= 4 is 5.91 Å². The Kier molecular flexibility index (Phi) is 4.91. The van der Waals surface area contributed by atoms with Crippen molar-refractivity contribution in [3.05, 3.63) is 35.9 Å².